The maximum absolute atomic E-state index is 7.40. The average molecular weight is 60.1 g/mol. The Morgan fingerprint density at radius 3 is 2.25 bits per heavy atom. The maximum atomic E-state index is 7.40. The third-order valence-electron chi connectivity index (χ3n) is 0.0707. The molecule has 2 N–H and O–H groups in total. The zero-order chi connectivity index (χ0) is 3.41. The van der Waals surface area contributed by atoms with Crippen LogP contribution in [0.25, 0.3) is 0 Å². The van der Waals surface area contributed by atoms with E-state index in [9.17, 15) is 0 Å². The Labute approximate surface area is 23.9 Å². The van der Waals surface area contributed by atoms with Gasteiger partial charge in [0.1, 0.15) is 0 Å². The molecule has 4 heavy (non-hydrogen) atoms. The largest absolute Gasteiger partial charge is 0.274 e. The summed E-state index contributed by atoms with van der Waals surface area (Å²) in [6.07, 6.45) is 0. The smallest absolute Gasteiger partial charge is 0.0129 e. The molecule has 0 aliphatic carbocycles. The molecule has 0 amide bonds. The van der Waals surface area contributed by atoms with Crippen molar-refractivity contribution in [1.82, 2.24) is 5.59 Å². The number of hydrogen-bond donors (Lipinski definition) is 2. The first-order chi connectivity index (χ1) is 1.91. The van der Waals surface area contributed by atoms with Gasteiger partial charge in [-0.15, -0.1) is 0 Å². The summed E-state index contributed by atoms with van der Waals surface area (Å²) in [6.45, 7) is 2.87. The summed E-state index contributed by atoms with van der Waals surface area (Å²) in [5.74, 6) is 0. The van der Waals surface area contributed by atoms with Gasteiger partial charge in [-0.3, -0.25) is 5.21 Å². The van der Waals surface area contributed by atoms with Gasteiger partial charge in [0.2, 0.25) is 0 Å². The molecular formula is CH4N2O. The lowest BCUT2D eigenvalue weighted by atomic mass is 11.7. The van der Waals surface area contributed by atoms with Crippen LogP contribution in [0.1, 0.15) is 0 Å². The first kappa shape index (κ1) is 3.43. The summed E-state index contributed by atoms with van der Waals surface area (Å²) in [7, 11) is 0. The molecular weight excluding hydrogens is 56.0 g/mol. The van der Waals surface area contributed by atoms with E-state index in [-0.39, 0.29) is 0 Å². The molecule has 24 valence electrons. The van der Waals surface area contributed by atoms with E-state index in [1.165, 1.54) is 5.59 Å². The molecule has 0 saturated heterocycles. The van der Waals surface area contributed by atoms with Crippen molar-refractivity contribution < 1.29 is 5.21 Å². The summed E-state index contributed by atoms with van der Waals surface area (Å²) in [6, 6.07) is 0. The van der Waals surface area contributed by atoms with Crippen LogP contribution in [0.4, 0.5) is 0 Å². The van der Waals surface area contributed by atoms with E-state index in [1.54, 1.807) is 0 Å². The fourth-order valence-electron chi connectivity index (χ4n) is 0. The molecule has 0 fully saturated rings. The third-order valence-corrected chi connectivity index (χ3v) is 0.0707. The second-order valence-electron chi connectivity index (χ2n) is 0.258. The topological polar surface area (TPSA) is 44.6 Å². The first-order valence-corrected chi connectivity index (χ1v) is 0.763. The summed E-state index contributed by atoms with van der Waals surface area (Å²) in [5.41, 5.74) is 1.44. The molecule has 0 atom stereocenters. The van der Waals surface area contributed by atoms with Crippen LogP contribution in [0.5, 0.6) is 0 Å². The SMILES string of the molecule is C=NNO. The van der Waals surface area contributed by atoms with Crippen LogP contribution in [-0.2, 0) is 0 Å². The lowest BCUT2D eigenvalue weighted by molar-refractivity contribution is 0.173. The quantitative estimate of drug-likeness (QED) is 0.319. The lowest BCUT2D eigenvalue weighted by Gasteiger charge is -1.70. The van der Waals surface area contributed by atoms with Gasteiger partial charge in [-0.25, -0.2) is 0 Å². The van der Waals surface area contributed by atoms with Crippen molar-refractivity contribution in [3.05, 3.63) is 0 Å². The molecule has 0 aromatic carbocycles. The summed E-state index contributed by atoms with van der Waals surface area (Å²) in [5, 5.41) is 10.2. The number of nitrogens with zero attached hydrogens (tertiary/aromatic N) is 1. The fourth-order valence-corrected chi connectivity index (χ4v) is 0. The van der Waals surface area contributed by atoms with Crippen molar-refractivity contribution in [3.8, 4) is 0 Å². The van der Waals surface area contributed by atoms with Gasteiger partial charge in [0.25, 0.3) is 0 Å². The Morgan fingerprint density at radius 1 is 2.00 bits per heavy atom. The number of hydrogen-bond acceptors (Lipinski definition) is 3. The molecule has 0 spiro atoms. The van der Waals surface area contributed by atoms with Crippen molar-refractivity contribution >= 4 is 6.72 Å². The second-order valence-corrected chi connectivity index (χ2v) is 0.258. The van der Waals surface area contributed by atoms with Crippen molar-refractivity contribution in [2.75, 3.05) is 0 Å². The maximum Gasteiger partial charge on any atom is 0.0129 e. The van der Waals surface area contributed by atoms with Crippen molar-refractivity contribution in [1.29, 1.82) is 0 Å². The zero-order valence-corrected chi connectivity index (χ0v) is 2.10. The standard InChI is InChI=1S/CH4N2O/c1-2-3-4/h3-4H,1H2. The Bertz CT molecular complexity index is 20.0. The van der Waals surface area contributed by atoms with Crippen LogP contribution in [0.3, 0.4) is 0 Å². The Balaban J connectivity index is 2.30. The van der Waals surface area contributed by atoms with Crippen LogP contribution >= 0.6 is 0 Å². The number of hydrazone groups is 1. The predicted octanol–water partition coefficient (Wildman–Crippen LogP) is -0.419. The highest BCUT2D eigenvalue weighted by atomic mass is 16.5. The molecule has 0 aliphatic heterocycles. The van der Waals surface area contributed by atoms with Crippen LogP contribution in [0.2, 0.25) is 0 Å². The molecule has 0 aromatic rings. The van der Waals surface area contributed by atoms with E-state index in [2.05, 4.69) is 11.8 Å². The first-order valence-electron chi connectivity index (χ1n) is 0.763. The summed E-state index contributed by atoms with van der Waals surface area (Å²) < 4.78 is 0. The van der Waals surface area contributed by atoms with Gasteiger partial charge in [-0.2, -0.15) is 10.7 Å². The van der Waals surface area contributed by atoms with E-state index in [1.807, 2.05) is 0 Å². The highest BCUT2D eigenvalue weighted by molar-refractivity contribution is 5.21. The molecule has 3 nitrogen and oxygen atoms in total. The normalized spacial score (nSPS) is 5.25. The van der Waals surface area contributed by atoms with Crippen molar-refractivity contribution in [3.63, 3.8) is 0 Å². The van der Waals surface area contributed by atoms with Gasteiger partial charge in [0.05, 0.1) is 0 Å². The van der Waals surface area contributed by atoms with Gasteiger partial charge >= 0.3 is 0 Å². The zero-order valence-electron chi connectivity index (χ0n) is 2.10. The Kier molecular flexibility index (Phi) is 2.08. The lowest BCUT2D eigenvalue weighted by Crippen LogP contribution is -1.90. The van der Waals surface area contributed by atoms with Crippen molar-refractivity contribution in [2.24, 2.45) is 5.10 Å². The summed E-state index contributed by atoms with van der Waals surface area (Å²) >= 11 is 0. The number of rotatable bonds is 1. The molecule has 0 rings (SSSR count). The van der Waals surface area contributed by atoms with E-state index in [0.29, 0.717) is 0 Å². The molecule has 0 radical (unpaired) electrons. The Morgan fingerprint density at radius 2 is 2.25 bits per heavy atom. The van der Waals surface area contributed by atoms with Gasteiger partial charge in [-0.05, 0) is 0 Å². The molecule has 0 saturated carbocycles. The Hall–Kier alpha value is -0.570. The van der Waals surface area contributed by atoms with E-state index < -0.39 is 0 Å². The van der Waals surface area contributed by atoms with Crippen LogP contribution < -0.4 is 5.59 Å². The molecule has 0 bridgehead atoms. The fraction of sp³-hybridized carbons (Fsp3) is 0. The molecule has 0 aromatic heterocycles. The van der Waals surface area contributed by atoms with Gasteiger partial charge in [0, 0.05) is 6.72 Å². The summed E-state index contributed by atoms with van der Waals surface area (Å²) in [4.78, 5) is 0. The molecule has 0 aliphatic rings. The molecule has 0 heterocycles. The highest BCUT2D eigenvalue weighted by Crippen LogP contribution is 1.26. The minimum Gasteiger partial charge on any atom is -0.274 e. The average Bonchev–Trinajstić information content (AvgIpc) is 1.37. The van der Waals surface area contributed by atoms with Crippen LogP contribution in [-0.4, -0.2) is 11.9 Å². The van der Waals surface area contributed by atoms with E-state index in [0.717, 1.165) is 0 Å². The molecule has 3 heteroatoms. The van der Waals surface area contributed by atoms with Crippen LogP contribution in [0, 0.1) is 0 Å². The van der Waals surface area contributed by atoms with E-state index in [4.69, 9.17) is 5.21 Å². The minimum absolute atomic E-state index is 1.44. The van der Waals surface area contributed by atoms with Gasteiger partial charge < -0.3 is 0 Å². The van der Waals surface area contributed by atoms with Crippen LogP contribution in [0.15, 0.2) is 5.10 Å². The van der Waals surface area contributed by atoms with Gasteiger partial charge in [-0.1, -0.05) is 0 Å². The third kappa shape index (κ3) is 1.43. The highest BCUT2D eigenvalue weighted by Gasteiger charge is 1.33. The molecule has 0 unspecified atom stereocenters. The monoisotopic (exact) mass is 60.0 g/mol. The predicted molar refractivity (Wildman–Crippen MR) is 14.5 cm³/mol. The second kappa shape index (κ2) is 2.43. The van der Waals surface area contributed by atoms with E-state index >= 15 is 0 Å². The minimum atomic E-state index is 1.44. The van der Waals surface area contributed by atoms with Gasteiger partial charge in [0.15, 0.2) is 0 Å². The number of nitrogens with one attached hydrogen (secondary N) is 1. The van der Waals surface area contributed by atoms with Crippen molar-refractivity contribution in [2.45, 2.75) is 0 Å².